The lowest BCUT2D eigenvalue weighted by atomic mass is 10.1. The molecule has 1 heterocycles. The minimum atomic E-state index is 0.572. The van der Waals surface area contributed by atoms with E-state index in [1.165, 1.54) is 11.1 Å². The van der Waals surface area contributed by atoms with Crippen LogP contribution in [0.25, 0.3) is 22.4 Å². The van der Waals surface area contributed by atoms with E-state index in [1.807, 2.05) is 18.2 Å². The molecule has 0 radical (unpaired) electrons. The third-order valence-corrected chi connectivity index (χ3v) is 3.93. The van der Waals surface area contributed by atoms with Gasteiger partial charge in [0.1, 0.15) is 11.6 Å². The second-order valence-electron chi connectivity index (χ2n) is 4.86. The maximum Gasteiger partial charge on any atom is 0.140 e. The third-order valence-electron chi connectivity index (χ3n) is 3.54. The molecule has 0 spiro atoms. The Bertz CT molecular complexity index is 754. The van der Waals surface area contributed by atoms with E-state index in [-0.39, 0.29) is 0 Å². The largest absolute Gasteiger partial charge is 0.495 e. The summed E-state index contributed by atoms with van der Waals surface area (Å²) in [7, 11) is 1.61. The smallest absolute Gasteiger partial charge is 0.140 e. The number of nitrogens with zero attached hydrogens (tertiary/aromatic N) is 1. The van der Waals surface area contributed by atoms with Crippen molar-refractivity contribution in [2.75, 3.05) is 7.11 Å². The molecular formula is C16H15ClN2O. The average molecular weight is 287 g/mol. The van der Waals surface area contributed by atoms with Crippen LogP contribution in [-0.4, -0.2) is 17.1 Å². The van der Waals surface area contributed by atoms with Gasteiger partial charge < -0.3 is 9.72 Å². The zero-order valence-electron chi connectivity index (χ0n) is 11.6. The van der Waals surface area contributed by atoms with Crippen molar-refractivity contribution in [1.82, 2.24) is 9.97 Å². The zero-order chi connectivity index (χ0) is 14.3. The molecule has 1 N–H and O–H groups in total. The molecule has 0 unspecified atom stereocenters. The van der Waals surface area contributed by atoms with Crippen molar-refractivity contribution >= 4 is 22.6 Å². The molecule has 0 atom stereocenters. The minimum Gasteiger partial charge on any atom is -0.495 e. The summed E-state index contributed by atoms with van der Waals surface area (Å²) >= 11 is 6.35. The molecule has 0 aliphatic heterocycles. The first-order chi connectivity index (χ1) is 9.60. The second-order valence-corrected chi connectivity index (χ2v) is 5.24. The molecule has 0 saturated carbocycles. The molecule has 0 aliphatic carbocycles. The van der Waals surface area contributed by atoms with E-state index in [0.717, 1.165) is 22.4 Å². The predicted octanol–water partition coefficient (Wildman–Crippen LogP) is 4.51. The lowest BCUT2D eigenvalue weighted by Crippen LogP contribution is -1.87. The van der Waals surface area contributed by atoms with E-state index in [2.05, 4.69) is 35.9 Å². The van der Waals surface area contributed by atoms with Gasteiger partial charge in [-0.3, -0.25) is 0 Å². The van der Waals surface area contributed by atoms with Crippen LogP contribution in [0, 0.1) is 13.8 Å². The van der Waals surface area contributed by atoms with E-state index in [1.54, 1.807) is 7.11 Å². The molecule has 0 amide bonds. The highest BCUT2D eigenvalue weighted by molar-refractivity contribution is 6.34. The Morgan fingerprint density at radius 2 is 1.90 bits per heavy atom. The van der Waals surface area contributed by atoms with Crippen LogP contribution in [0.5, 0.6) is 5.75 Å². The Morgan fingerprint density at radius 1 is 1.15 bits per heavy atom. The Labute approximate surface area is 122 Å². The molecule has 3 aromatic rings. The van der Waals surface area contributed by atoms with Crippen molar-refractivity contribution in [3.05, 3.63) is 46.5 Å². The topological polar surface area (TPSA) is 37.9 Å². The molecule has 0 fully saturated rings. The summed E-state index contributed by atoms with van der Waals surface area (Å²) in [6.07, 6.45) is 0. The molecule has 2 aromatic carbocycles. The van der Waals surface area contributed by atoms with Crippen LogP contribution in [0.2, 0.25) is 5.02 Å². The third kappa shape index (κ3) is 2.04. The van der Waals surface area contributed by atoms with Gasteiger partial charge in [0.2, 0.25) is 0 Å². The number of hydrogen-bond donors (Lipinski definition) is 1. The lowest BCUT2D eigenvalue weighted by Gasteiger charge is -2.05. The summed E-state index contributed by atoms with van der Waals surface area (Å²) in [4.78, 5) is 7.95. The number of imidazole rings is 1. The molecule has 4 heteroatoms. The van der Waals surface area contributed by atoms with Gasteiger partial charge in [0.05, 0.1) is 23.2 Å². The summed E-state index contributed by atoms with van der Waals surface area (Å²) in [6.45, 7) is 4.18. The van der Waals surface area contributed by atoms with Crippen LogP contribution < -0.4 is 4.74 Å². The Balaban J connectivity index is 2.20. The van der Waals surface area contributed by atoms with Gasteiger partial charge in [-0.25, -0.2) is 4.98 Å². The fraction of sp³-hybridized carbons (Fsp3) is 0.188. The summed E-state index contributed by atoms with van der Waals surface area (Å²) in [6, 6.07) is 9.86. The van der Waals surface area contributed by atoms with Crippen LogP contribution in [0.3, 0.4) is 0 Å². The van der Waals surface area contributed by atoms with Gasteiger partial charge in [-0.05, 0) is 49.2 Å². The van der Waals surface area contributed by atoms with Gasteiger partial charge in [0, 0.05) is 5.56 Å². The van der Waals surface area contributed by atoms with Crippen molar-refractivity contribution < 1.29 is 4.74 Å². The molecule has 0 bridgehead atoms. The van der Waals surface area contributed by atoms with Crippen LogP contribution in [0.4, 0.5) is 0 Å². The monoisotopic (exact) mass is 286 g/mol. The number of ether oxygens (including phenoxy) is 1. The SMILES string of the molecule is COc1cccc(-c2nc3cc(C)c(C)cc3[nH]2)c1Cl. The summed E-state index contributed by atoms with van der Waals surface area (Å²) in [5, 5.41) is 0.572. The van der Waals surface area contributed by atoms with Crippen molar-refractivity contribution in [2.45, 2.75) is 13.8 Å². The second kappa shape index (κ2) is 4.84. The molecule has 3 rings (SSSR count). The maximum atomic E-state index is 6.35. The molecule has 3 nitrogen and oxygen atoms in total. The number of rotatable bonds is 2. The summed E-state index contributed by atoms with van der Waals surface area (Å²) in [5.74, 6) is 1.41. The molecule has 102 valence electrons. The van der Waals surface area contributed by atoms with E-state index in [4.69, 9.17) is 16.3 Å². The Hall–Kier alpha value is -2.00. The highest BCUT2D eigenvalue weighted by Gasteiger charge is 2.12. The maximum absolute atomic E-state index is 6.35. The molecule has 0 aliphatic rings. The van der Waals surface area contributed by atoms with E-state index in [9.17, 15) is 0 Å². The molecule has 20 heavy (non-hydrogen) atoms. The van der Waals surface area contributed by atoms with Gasteiger partial charge >= 0.3 is 0 Å². The van der Waals surface area contributed by atoms with Gasteiger partial charge in [-0.15, -0.1) is 0 Å². The number of aromatic nitrogens is 2. The first-order valence-electron chi connectivity index (χ1n) is 6.40. The highest BCUT2D eigenvalue weighted by Crippen LogP contribution is 2.34. The van der Waals surface area contributed by atoms with E-state index < -0.39 is 0 Å². The fourth-order valence-electron chi connectivity index (χ4n) is 2.25. The number of methoxy groups -OCH3 is 1. The van der Waals surface area contributed by atoms with Gasteiger partial charge in [-0.1, -0.05) is 17.7 Å². The number of H-pyrrole nitrogens is 1. The van der Waals surface area contributed by atoms with Crippen LogP contribution >= 0.6 is 11.6 Å². The summed E-state index contributed by atoms with van der Waals surface area (Å²) in [5.41, 5.74) is 5.28. The van der Waals surface area contributed by atoms with E-state index in [0.29, 0.717) is 10.8 Å². The first kappa shape index (κ1) is 13.0. The van der Waals surface area contributed by atoms with Crippen molar-refractivity contribution in [1.29, 1.82) is 0 Å². The number of halogens is 1. The van der Waals surface area contributed by atoms with Gasteiger partial charge in [0.25, 0.3) is 0 Å². The normalized spacial score (nSPS) is 11.0. The number of nitrogens with one attached hydrogen (secondary N) is 1. The average Bonchev–Trinajstić information content (AvgIpc) is 2.82. The number of aryl methyl sites for hydroxylation is 2. The highest BCUT2D eigenvalue weighted by atomic mass is 35.5. The van der Waals surface area contributed by atoms with Crippen molar-refractivity contribution in [2.24, 2.45) is 0 Å². The van der Waals surface area contributed by atoms with Crippen LogP contribution in [-0.2, 0) is 0 Å². The lowest BCUT2D eigenvalue weighted by molar-refractivity contribution is 0.415. The van der Waals surface area contributed by atoms with Crippen molar-refractivity contribution in [3.63, 3.8) is 0 Å². The molecular weight excluding hydrogens is 272 g/mol. The first-order valence-corrected chi connectivity index (χ1v) is 6.78. The predicted molar refractivity (Wildman–Crippen MR) is 82.6 cm³/mol. The van der Waals surface area contributed by atoms with Crippen LogP contribution in [0.15, 0.2) is 30.3 Å². The Kier molecular flexibility index (Phi) is 3.14. The number of fused-ring (bicyclic) bond motifs is 1. The Morgan fingerprint density at radius 3 is 2.65 bits per heavy atom. The fourth-order valence-corrected chi connectivity index (χ4v) is 2.54. The van der Waals surface area contributed by atoms with Crippen molar-refractivity contribution in [3.8, 4) is 17.1 Å². The number of benzene rings is 2. The summed E-state index contributed by atoms with van der Waals surface area (Å²) < 4.78 is 5.25. The van der Waals surface area contributed by atoms with Crippen LogP contribution in [0.1, 0.15) is 11.1 Å². The number of aromatic amines is 1. The number of hydrogen-bond acceptors (Lipinski definition) is 2. The molecule has 0 saturated heterocycles. The van der Waals surface area contributed by atoms with E-state index >= 15 is 0 Å². The minimum absolute atomic E-state index is 0.572. The standard InChI is InChI=1S/C16H15ClN2O/c1-9-7-12-13(8-10(9)2)19-16(18-12)11-5-4-6-14(20-3)15(11)17/h4-8H,1-3H3,(H,18,19). The van der Waals surface area contributed by atoms with Gasteiger partial charge in [0.15, 0.2) is 0 Å². The zero-order valence-corrected chi connectivity index (χ0v) is 12.4. The van der Waals surface area contributed by atoms with Gasteiger partial charge in [-0.2, -0.15) is 0 Å². The quantitative estimate of drug-likeness (QED) is 0.753. The molecule has 1 aromatic heterocycles.